The van der Waals surface area contributed by atoms with Crippen molar-refractivity contribution in [2.75, 3.05) is 0 Å². The summed E-state index contributed by atoms with van der Waals surface area (Å²) in [4.78, 5) is 12.3. The second-order valence-electron chi connectivity index (χ2n) is 5.70. The van der Waals surface area contributed by atoms with Gasteiger partial charge in [-0.1, -0.05) is 6.07 Å². The molecule has 9 heteroatoms. The van der Waals surface area contributed by atoms with E-state index < -0.39 is 18.2 Å². The standard InChI is InChI=1S/C18H12F3N5O/c19-14-2-1-12(4-17(14)27-18(20)21)13-3-16-15(24-7-13)8-25-26(16)9-11-5-22-10-23-6-11/h1-8,10,18H,9H2. The molecule has 0 N–H and O–H groups in total. The van der Waals surface area contributed by atoms with Gasteiger partial charge in [0.15, 0.2) is 11.6 Å². The molecule has 27 heavy (non-hydrogen) atoms. The van der Waals surface area contributed by atoms with Crippen LogP contribution in [0.25, 0.3) is 22.2 Å². The predicted molar refractivity (Wildman–Crippen MR) is 90.7 cm³/mol. The van der Waals surface area contributed by atoms with E-state index in [2.05, 4.69) is 24.8 Å². The number of benzene rings is 1. The normalized spacial score (nSPS) is 11.3. The Hall–Kier alpha value is -3.49. The monoisotopic (exact) mass is 371 g/mol. The molecular formula is C18H12F3N5O. The average Bonchev–Trinajstić information content (AvgIpc) is 3.06. The van der Waals surface area contributed by atoms with Crippen molar-refractivity contribution in [1.29, 1.82) is 0 Å². The number of rotatable bonds is 5. The van der Waals surface area contributed by atoms with Crippen LogP contribution < -0.4 is 4.74 Å². The van der Waals surface area contributed by atoms with Crippen LogP contribution >= 0.6 is 0 Å². The molecule has 4 aromatic rings. The zero-order valence-electron chi connectivity index (χ0n) is 13.8. The van der Waals surface area contributed by atoms with Crippen molar-refractivity contribution in [3.8, 4) is 16.9 Å². The van der Waals surface area contributed by atoms with Gasteiger partial charge >= 0.3 is 6.61 Å². The lowest BCUT2D eigenvalue weighted by atomic mass is 10.1. The summed E-state index contributed by atoms with van der Waals surface area (Å²) < 4.78 is 44.5. The number of halogens is 3. The van der Waals surface area contributed by atoms with Gasteiger partial charge in [-0.3, -0.25) is 9.67 Å². The molecule has 0 aliphatic rings. The second kappa shape index (κ2) is 7.02. The van der Waals surface area contributed by atoms with Crippen molar-refractivity contribution in [2.24, 2.45) is 0 Å². The Kier molecular flexibility index (Phi) is 4.41. The third kappa shape index (κ3) is 3.57. The summed E-state index contributed by atoms with van der Waals surface area (Å²) in [6, 6.07) is 5.58. The Morgan fingerprint density at radius 3 is 2.59 bits per heavy atom. The van der Waals surface area contributed by atoms with Crippen LogP contribution in [0.2, 0.25) is 0 Å². The van der Waals surface area contributed by atoms with Gasteiger partial charge in [-0.05, 0) is 23.8 Å². The number of nitrogens with zero attached hydrogens (tertiary/aromatic N) is 5. The highest BCUT2D eigenvalue weighted by Crippen LogP contribution is 2.29. The van der Waals surface area contributed by atoms with E-state index in [1.54, 1.807) is 35.5 Å². The van der Waals surface area contributed by atoms with Crippen molar-refractivity contribution in [1.82, 2.24) is 24.7 Å². The van der Waals surface area contributed by atoms with E-state index in [0.717, 1.165) is 17.1 Å². The summed E-state index contributed by atoms with van der Waals surface area (Å²) in [5.74, 6) is -1.38. The zero-order valence-corrected chi connectivity index (χ0v) is 13.8. The molecule has 0 aliphatic heterocycles. The van der Waals surface area contributed by atoms with E-state index >= 15 is 0 Å². The molecule has 0 amide bonds. The van der Waals surface area contributed by atoms with Gasteiger partial charge in [0, 0.05) is 29.7 Å². The summed E-state index contributed by atoms with van der Waals surface area (Å²) in [6.07, 6.45) is 8.01. The molecule has 0 radical (unpaired) electrons. The third-order valence-electron chi connectivity index (χ3n) is 3.92. The Labute approximate surface area is 151 Å². The molecule has 4 rings (SSSR count). The second-order valence-corrected chi connectivity index (χ2v) is 5.70. The topological polar surface area (TPSA) is 65.7 Å². The summed E-state index contributed by atoms with van der Waals surface area (Å²) >= 11 is 0. The van der Waals surface area contributed by atoms with E-state index in [0.29, 0.717) is 23.2 Å². The number of hydrogen-bond acceptors (Lipinski definition) is 5. The van der Waals surface area contributed by atoms with Crippen molar-refractivity contribution in [3.05, 3.63) is 66.8 Å². The first-order valence-corrected chi connectivity index (χ1v) is 7.90. The van der Waals surface area contributed by atoms with Crippen LogP contribution in [0.1, 0.15) is 5.56 Å². The van der Waals surface area contributed by atoms with Crippen LogP contribution in [0.3, 0.4) is 0 Å². The molecule has 0 fully saturated rings. The minimum atomic E-state index is -3.11. The van der Waals surface area contributed by atoms with Crippen LogP contribution in [0.4, 0.5) is 13.2 Å². The summed E-state index contributed by atoms with van der Waals surface area (Å²) in [5, 5.41) is 4.31. The van der Waals surface area contributed by atoms with Gasteiger partial charge < -0.3 is 4.74 Å². The van der Waals surface area contributed by atoms with Crippen molar-refractivity contribution in [3.63, 3.8) is 0 Å². The minimum Gasteiger partial charge on any atom is -0.432 e. The Morgan fingerprint density at radius 1 is 1.00 bits per heavy atom. The van der Waals surface area contributed by atoms with Gasteiger partial charge in [0.1, 0.15) is 11.8 Å². The molecule has 0 bridgehead atoms. The summed E-state index contributed by atoms with van der Waals surface area (Å²) in [6.45, 7) is -2.66. The van der Waals surface area contributed by atoms with Gasteiger partial charge in [0.2, 0.25) is 0 Å². The molecule has 0 atom stereocenters. The molecule has 0 unspecified atom stereocenters. The number of ether oxygens (including phenoxy) is 1. The molecule has 0 saturated carbocycles. The quantitative estimate of drug-likeness (QED) is 0.535. The van der Waals surface area contributed by atoms with Crippen LogP contribution in [0, 0.1) is 5.82 Å². The summed E-state index contributed by atoms with van der Waals surface area (Å²) in [7, 11) is 0. The van der Waals surface area contributed by atoms with Crippen molar-refractivity contribution < 1.29 is 17.9 Å². The number of alkyl halides is 2. The van der Waals surface area contributed by atoms with E-state index in [1.165, 1.54) is 18.5 Å². The van der Waals surface area contributed by atoms with Gasteiger partial charge in [0.05, 0.1) is 18.3 Å². The molecule has 3 heterocycles. The van der Waals surface area contributed by atoms with E-state index in [-0.39, 0.29) is 0 Å². The Bertz CT molecular complexity index is 1090. The Morgan fingerprint density at radius 2 is 1.81 bits per heavy atom. The highest BCUT2D eigenvalue weighted by Gasteiger charge is 2.13. The van der Waals surface area contributed by atoms with Gasteiger partial charge in [-0.25, -0.2) is 14.4 Å². The maximum atomic E-state index is 13.7. The lowest BCUT2D eigenvalue weighted by molar-refractivity contribution is -0.0521. The lowest BCUT2D eigenvalue weighted by Gasteiger charge is -2.09. The van der Waals surface area contributed by atoms with Crippen LogP contribution in [-0.4, -0.2) is 31.3 Å². The van der Waals surface area contributed by atoms with E-state index in [1.807, 2.05) is 0 Å². The summed E-state index contributed by atoms with van der Waals surface area (Å²) in [5.41, 5.74) is 3.38. The fourth-order valence-corrected chi connectivity index (χ4v) is 2.69. The highest BCUT2D eigenvalue weighted by molar-refractivity contribution is 5.80. The smallest absolute Gasteiger partial charge is 0.387 e. The van der Waals surface area contributed by atoms with Crippen LogP contribution in [0.5, 0.6) is 5.75 Å². The van der Waals surface area contributed by atoms with E-state index in [9.17, 15) is 13.2 Å². The van der Waals surface area contributed by atoms with E-state index in [4.69, 9.17) is 0 Å². The molecule has 6 nitrogen and oxygen atoms in total. The first-order valence-electron chi connectivity index (χ1n) is 7.90. The van der Waals surface area contributed by atoms with Crippen LogP contribution in [-0.2, 0) is 6.54 Å². The third-order valence-corrected chi connectivity index (χ3v) is 3.92. The lowest BCUT2D eigenvalue weighted by Crippen LogP contribution is -2.04. The van der Waals surface area contributed by atoms with Gasteiger partial charge in [-0.15, -0.1) is 0 Å². The minimum absolute atomic E-state index is 0.443. The molecular weight excluding hydrogens is 359 g/mol. The number of aromatic nitrogens is 5. The molecule has 0 aliphatic carbocycles. The molecule has 136 valence electrons. The maximum absolute atomic E-state index is 13.7. The van der Waals surface area contributed by atoms with Crippen molar-refractivity contribution in [2.45, 2.75) is 13.2 Å². The fraction of sp³-hybridized carbons (Fsp3) is 0.111. The Balaban J connectivity index is 1.72. The SMILES string of the molecule is Fc1ccc(-c2cnc3cnn(Cc4cncnc4)c3c2)cc1OC(F)F. The number of hydrogen-bond donors (Lipinski definition) is 0. The van der Waals surface area contributed by atoms with Crippen molar-refractivity contribution >= 4 is 11.0 Å². The highest BCUT2D eigenvalue weighted by atomic mass is 19.3. The number of fused-ring (bicyclic) bond motifs is 1. The number of pyridine rings is 1. The average molecular weight is 371 g/mol. The molecule has 0 spiro atoms. The first kappa shape index (κ1) is 17.0. The molecule has 1 aromatic carbocycles. The fourth-order valence-electron chi connectivity index (χ4n) is 2.69. The molecule has 3 aromatic heterocycles. The molecule has 0 saturated heterocycles. The van der Waals surface area contributed by atoms with Gasteiger partial charge in [-0.2, -0.15) is 13.9 Å². The van der Waals surface area contributed by atoms with Crippen LogP contribution in [0.15, 0.2) is 55.4 Å². The zero-order chi connectivity index (χ0) is 18.8. The maximum Gasteiger partial charge on any atom is 0.387 e. The van der Waals surface area contributed by atoms with Gasteiger partial charge in [0.25, 0.3) is 0 Å². The first-order chi connectivity index (χ1) is 13.1. The predicted octanol–water partition coefficient (Wildman–Crippen LogP) is 3.68. The largest absolute Gasteiger partial charge is 0.432 e.